The molecule has 1 aromatic heterocycles. The average Bonchev–Trinajstić information content (AvgIpc) is 3.28. The average molecular weight is 453 g/mol. The lowest BCUT2D eigenvalue weighted by Gasteiger charge is -2.34. The second kappa shape index (κ2) is 10.6. The Labute approximate surface area is 192 Å². The molecule has 1 N–H and O–H groups in total. The van der Waals surface area contributed by atoms with E-state index < -0.39 is 0 Å². The van der Waals surface area contributed by atoms with E-state index >= 15 is 0 Å². The van der Waals surface area contributed by atoms with Crippen molar-refractivity contribution in [3.8, 4) is 22.8 Å². The molecule has 1 aliphatic heterocycles. The third kappa shape index (κ3) is 5.64. The first-order valence-corrected chi connectivity index (χ1v) is 11.5. The van der Waals surface area contributed by atoms with Crippen molar-refractivity contribution in [3.63, 3.8) is 0 Å². The minimum absolute atomic E-state index is 0.0417. The number of anilines is 1. The van der Waals surface area contributed by atoms with Crippen molar-refractivity contribution < 1.29 is 14.3 Å². The summed E-state index contributed by atoms with van der Waals surface area (Å²) in [6.45, 7) is 5.00. The zero-order valence-electron chi connectivity index (χ0n) is 18.4. The summed E-state index contributed by atoms with van der Waals surface area (Å²) in [6, 6.07) is 16.1. The minimum atomic E-state index is -0.0417. The third-order valence-electron chi connectivity index (χ3n) is 5.51. The number of ether oxygens (including phenoxy) is 2. The molecule has 32 heavy (non-hydrogen) atoms. The van der Waals surface area contributed by atoms with Gasteiger partial charge in [0, 0.05) is 43.7 Å². The highest BCUT2D eigenvalue weighted by molar-refractivity contribution is 7.14. The highest BCUT2D eigenvalue weighted by Gasteiger charge is 2.20. The van der Waals surface area contributed by atoms with Crippen LogP contribution in [0.3, 0.4) is 0 Å². The van der Waals surface area contributed by atoms with E-state index in [0.29, 0.717) is 17.4 Å². The fourth-order valence-corrected chi connectivity index (χ4v) is 4.50. The van der Waals surface area contributed by atoms with Gasteiger partial charge < -0.3 is 14.8 Å². The Hall–Kier alpha value is -2.94. The summed E-state index contributed by atoms with van der Waals surface area (Å²) in [4.78, 5) is 21.8. The van der Waals surface area contributed by atoms with E-state index in [-0.39, 0.29) is 5.91 Å². The van der Waals surface area contributed by atoms with Gasteiger partial charge in [0.15, 0.2) is 5.13 Å². The Kier molecular flexibility index (Phi) is 7.36. The Balaban J connectivity index is 1.29. The molecule has 8 heteroatoms. The van der Waals surface area contributed by atoms with E-state index in [9.17, 15) is 4.79 Å². The summed E-state index contributed by atoms with van der Waals surface area (Å²) in [5.41, 5.74) is 2.90. The Morgan fingerprint density at radius 2 is 1.78 bits per heavy atom. The number of methoxy groups -OCH3 is 2. The molecule has 0 atom stereocenters. The number of hydrogen-bond donors (Lipinski definition) is 1. The first-order chi connectivity index (χ1) is 15.6. The van der Waals surface area contributed by atoms with Gasteiger partial charge in [-0.05, 0) is 23.8 Å². The van der Waals surface area contributed by atoms with Gasteiger partial charge in [-0.3, -0.25) is 14.6 Å². The minimum Gasteiger partial charge on any atom is -0.497 e. The number of aromatic nitrogens is 1. The van der Waals surface area contributed by atoms with Crippen molar-refractivity contribution in [2.24, 2.45) is 0 Å². The smallest absolute Gasteiger partial charge is 0.240 e. The van der Waals surface area contributed by atoms with E-state index in [2.05, 4.69) is 44.4 Å². The van der Waals surface area contributed by atoms with Crippen LogP contribution in [0.2, 0.25) is 0 Å². The number of benzene rings is 2. The van der Waals surface area contributed by atoms with Crippen molar-refractivity contribution in [2.75, 3.05) is 52.3 Å². The molecule has 2 heterocycles. The maximum atomic E-state index is 12.6. The predicted molar refractivity (Wildman–Crippen MR) is 127 cm³/mol. The number of thiazole rings is 1. The number of hydrogen-bond acceptors (Lipinski definition) is 7. The second-order valence-electron chi connectivity index (χ2n) is 7.69. The van der Waals surface area contributed by atoms with Crippen LogP contribution in [0.1, 0.15) is 5.56 Å². The molecule has 7 nitrogen and oxygen atoms in total. The zero-order valence-corrected chi connectivity index (χ0v) is 19.2. The van der Waals surface area contributed by atoms with Crippen LogP contribution in [0.4, 0.5) is 5.13 Å². The first-order valence-electron chi connectivity index (χ1n) is 10.6. The molecule has 0 aliphatic carbocycles. The number of piperazine rings is 1. The quantitative estimate of drug-likeness (QED) is 0.564. The van der Waals surface area contributed by atoms with Crippen LogP contribution in [0.25, 0.3) is 11.3 Å². The standard InChI is InChI=1S/C24H28N4O3S/c1-30-19-8-9-22(31-2)20(14-19)21-17-32-24(25-21)26-23(29)16-28-12-10-27(11-13-28)15-18-6-4-3-5-7-18/h3-9,14,17H,10-13,15-16H2,1-2H3,(H,25,26,29). The predicted octanol–water partition coefficient (Wildman–Crippen LogP) is 3.58. The lowest BCUT2D eigenvalue weighted by Crippen LogP contribution is -2.48. The van der Waals surface area contributed by atoms with Crippen LogP contribution in [0.15, 0.2) is 53.9 Å². The SMILES string of the molecule is COc1ccc(OC)c(-c2csc(NC(=O)CN3CCN(Cc4ccccc4)CC3)n2)c1. The fraction of sp³-hybridized carbons (Fsp3) is 0.333. The maximum Gasteiger partial charge on any atom is 0.240 e. The summed E-state index contributed by atoms with van der Waals surface area (Å²) in [7, 11) is 3.25. The topological polar surface area (TPSA) is 66.9 Å². The number of nitrogens with zero attached hydrogens (tertiary/aromatic N) is 3. The van der Waals surface area contributed by atoms with Gasteiger partial charge in [0.1, 0.15) is 11.5 Å². The number of rotatable bonds is 8. The summed E-state index contributed by atoms with van der Waals surface area (Å²) in [5.74, 6) is 1.40. The Bertz CT molecular complexity index is 1030. The summed E-state index contributed by atoms with van der Waals surface area (Å²) < 4.78 is 10.8. The molecule has 0 radical (unpaired) electrons. The molecule has 168 valence electrons. The van der Waals surface area contributed by atoms with Gasteiger partial charge in [0.2, 0.25) is 5.91 Å². The molecule has 0 spiro atoms. The van der Waals surface area contributed by atoms with Gasteiger partial charge in [0.25, 0.3) is 0 Å². The lowest BCUT2D eigenvalue weighted by atomic mass is 10.1. The summed E-state index contributed by atoms with van der Waals surface area (Å²) >= 11 is 1.40. The van der Waals surface area contributed by atoms with Gasteiger partial charge in [-0.25, -0.2) is 4.98 Å². The Morgan fingerprint density at radius 1 is 1.03 bits per heavy atom. The third-order valence-corrected chi connectivity index (χ3v) is 6.27. The molecule has 0 saturated carbocycles. The van der Waals surface area contributed by atoms with Crippen molar-refractivity contribution >= 4 is 22.4 Å². The van der Waals surface area contributed by atoms with Gasteiger partial charge in [-0.15, -0.1) is 11.3 Å². The Morgan fingerprint density at radius 3 is 2.50 bits per heavy atom. The molecule has 1 fully saturated rings. The highest BCUT2D eigenvalue weighted by Crippen LogP contribution is 2.35. The molecule has 3 aromatic rings. The van der Waals surface area contributed by atoms with Gasteiger partial charge in [-0.1, -0.05) is 30.3 Å². The van der Waals surface area contributed by atoms with Crippen molar-refractivity contribution in [2.45, 2.75) is 6.54 Å². The molecule has 0 unspecified atom stereocenters. The number of nitrogens with one attached hydrogen (secondary N) is 1. The number of amides is 1. The molecular formula is C24H28N4O3S. The molecule has 1 saturated heterocycles. The zero-order chi connectivity index (χ0) is 22.3. The first kappa shape index (κ1) is 22.3. The van der Waals surface area contributed by atoms with Crippen molar-refractivity contribution in [3.05, 3.63) is 59.5 Å². The van der Waals surface area contributed by atoms with E-state index in [1.165, 1.54) is 16.9 Å². The van der Waals surface area contributed by atoms with Crippen LogP contribution in [-0.4, -0.2) is 67.6 Å². The summed E-state index contributed by atoms with van der Waals surface area (Å²) in [5, 5.41) is 5.43. The molecule has 2 aromatic carbocycles. The fourth-order valence-electron chi connectivity index (χ4n) is 3.78. The molecule has 1 aliphatic rings. The second-order valence-corrected chi connectivity index (χ2v) is 8.55. The van der Waals surface area contributed by atoms with Crippen LogP contribution < -0.4 is 14.8 Å². The van der Waals surface area contributed by atoms with Crippen LogP contribution in [0.5, 0.6) is 11.5 Å². The molecular weight excluding hydrogens is 424 g/mol. The van der Waals surface area contributed by atoms with Gasteiger partial charge >= 0.3 is 0 Å². The van der Waals surface area contributed by atoms with Crippen molar-refractivity contribution in [1.82, 2.24) is 14.8 Å². The van der Waals surface area contributed by atoms with Gasteiger partial charge in [-0.2, -0.15) is 0 Å². The van der Waals surface area contributed by atoms with Crippen LogP contribution in [-0.2, 0) is 11.3 Å². The van der Waals surface area contributed by atoms with Crippen molar-refractivity contribution in [1.29, 1.82) is 0 Å². The number of carbonyl (C=O) groups excluding carboxylic acids is 1. The van der Waals surface area contributed by atoms with Gasteiger partial charge in [0.05, 0.1) is 26.5 Å². The van der Waals surface area contributed by atoms with E-state index in [4.69, 9.17) is 9.47 Å². The van der Waals surface area contributed by atoms with E-state index in [1.54, 1.807) is 14.2 Å². The van der Waals surface area contributed by atoms with Crippen LogP contribution >= 0.6 is 11.3 Å². The molecule has 0 bridgehead atoms. The monoisotopic (exact) mass is 452 g/mol. The normalized spacial score (nSPS) is 14.8. The van der Waals surface area contributed by atoms with Crippen LogP contribution in [0, 0.1) is 0 Å². The highest BCUT2D eigenvalue weighted by atomic mass is 32.1. The molecule has 1 amide bonds. The van der Waals surface area contributed by atoms with E-state index in [0.717, 1.165) is 49.7 Å². The maximum absolute atomic E-state index is 12.6. The van der Waals surface area contributed by atoms with E-state index in [1.807, 2.05) is 29.6 Å². The largest absolute Gasteiger partial charge is 0.497 e. The summed E-state index contributed by atoms with van der Waals surface area (Å²) in [6.07, 6.45) is 0. The molecule has 4 rings (SSSR count). The lowest BCUT2D eigenvalue weighted by molar-refractivity contribution is -0.117. The number of carbonyl (C=O) groups is 1.